The number of aryl methyl sites for hydroxylation is 2. The normalized spacial score (nSPS) is 28.1. The number of nitrogens with zero attached hydrogens (tertiary/aromatic N) is 2. The van der Waals surface area contributed by atoms with E-state index in [2.05, 4.69) is 83.0 Å². The highest BCUT2D eigenvalue weighted by Crippen LogP contribution is 2.34. The molecule has 0 aromatic heterocycles. The van der Waals surface area contributed by atoms with E-state index in [1.807, 2.05) is 0 Å². The van der Waals surface area contributed by atoms with Crippen molar-refractivity contribution in [2.24, 2.45) is 21.8 Å². The summed E-state index contributed by atoms with van der Waals surface area (Å²) in [6, 6.07) is 17.7. The molecule has 2 aromatic rings. The van der Waals surface area contributed by atoms with Gasteiger partial charge in [0.05, 0.1) is 11.1 Å². The van der Waals surface area contributed by atoms with Crippen molar-refractivity contribution in [1.29, 1.82) is 0 Å². The van der Waals surface area contributed by atoms with Crippen LogP contribution < -0.4 is 10.6 Å². The van der Waals surface area contributed by atoms with Gasteiger partial charge in [0.15, 0.2) is 0 Å². The molecule has 4 unspecified atom stereocenters. The van der Waals surface area contributed by atoms with E-state index in [9.17, 15) is 9.59 Å². The third-order valence-corrected chi connectivity index (χ3v) is 9.09. The number of carbonyl (C=O) groups excluding carboxylic acids is 2. The molecule has 4 aliphatic rings. The highest BCUT2D eigenvalue weighted by atomic mass is 16.6. The quantitative estimate of drug-likeness (QED) is 0.394. The fraction of sp³-hybridized carbons (Fsp3) is 0.471. The summed E-state index contributed by atoms with van der Waals surface area (Å²) >= 11 is 0. The van der Waals surface area contributed by atoms with Crippen molar-refractivity contribution in [2.75, 3.05) is 13.1 Å². The lowest BCUT2D eigenvalue weighted by molar-refractivity contribution is -0.132. The highest BCUT2D eigenvalue weighted by molar-refractivity contribution is 6.00. The van der Waals surface area contributed by atoms with E-state index in [4.69, 9.17) is 9.47 Å². The number of carbonyl (C=O) groups is 2. The molecule has 8 nitrogen and oxygen atoms in total. The summed E-state index contributed by atoms with van der Waals surface area (Å²) < 4.78 is 10.7. The zero-order valence-electron chi connectivity index (χ0n) is 24.5. The maximum absolute atomic E-state index is 12.4. The second-order valence-electron chi connectivity index (χ2n) is 12.9. The molecule has 2 aliphatic heterocycles. The maximum atomic E-state index is 12.4. The topological polar surface area (TPSA) is 101 Å². The van der Waals surface area contributed by atoms with Gasteiger partial charge in [-0.05, 0) is 99.3 Å². The minimum Gasteiger partial charge on any atom is -0.389 e. The first-order valence-electron chi connectivity index (χ1n) is 15.2. The lowest BCUT2D eigenvalue weighted by Gasteiger charge is -2.30. The van der Waals surface area contributed by atoms with Crippen molar-refractivity contribution in [2.45, 2.75) is 76.3 Å². The third kappa shape index (κ3) is 6.75. The zero-order valence-corrected chi connectivity index (χ0v) is 24.5. The molecule has 0 fully saturated rings. The number of fused-ring (bicyclic) bond motifs is 2. The lowest BCUT2D eigenvalue weighted by atomic mass is 9.78. The molecule has 2 aromatic carbocycles. The molecule has 42 heavy (non-hydrogen) atoms. The first-order chi connectivity index (χ1) is 20.2. The number of benzene rings is 2. The van der Waals surface area contributed by atoms with Crippen molar-refractivity contribution in [1.82, 2.24) is 10.6 Å². The Balaban J connectivity index is 0.963. The molecule has 0 bridgehead atoms. The van der Waals surface area contributed by atoms with Crippen LogP contribution in [0.15, 0.2) is 70.7 Å². The van der Waals surface area contributed by atoms with Gasteiger partial charge in [0.1, 0.15) is 0 Å². The fourth-order valence-corrected chi connectivity index (χ4v) is 7.07. The molecular weight excluding hydrogens is 528 g/mol. The number of amidine groups is 2. The summed E-state index contributed by atoms with van der Waals surface area (Å²) in [5, 5.41) is 6.22. The Kier molecular flexibility index (Phi) is 7.88. The summed E-state index contributed by atoms with van der Waals surface area (Å²) in [5.74, 6) is -0.294. The van der Waals surface area contributed by atoms with Gasteiger partial charge in [-0.15, -0.1) is 0 Å². The van der Waals surface area contributed by atoms with E-state index in [1.165, 1.54) is 22.3 Å². The molecule has 0 saturated carbocycles. The predicted molar refractivity (Wildman–Crippen MR) is 162 cm³/mol. The molecule has 6 rings (SSSR count). The minimum absolute atomic E-state index is 0.194. The molecule has 0 radical (unpaired) electrons. The number of ether oxygens (including phenoxy) is 2. The van der Waals surface area contributed by atoms with Gasteiger partial charge in [0.2, 0.25) is 0 Å². The van der Waals surface area contributed by atoms with Crippen molar-refractivity contribution in [3.63, 3.8) is 0 Å². The first-order valence-corrected chi connectivity index (χ1v) is 15.2. The second kappa shape index (κ2) is 11.7. The standard InChI is InChI=1S/C34H40N4O4/c1-33(19-23-11-13-25-7-3-5-9-27(25)17-23)21-35-31(37-33)41-29(39)15-16-30(40)42-32-36-22-34(2,38-32)20-24-12-14-26-8-4-6-10-28(26)18-24/h3-10,15-16,23-24H,11-14,17-22H2,1-2H3,(H,35,37)(H,36,38)/b16-15+. The summed E-state index contributed by atoms with van der Waals surface area (Å²) in [6.07, 6.45) is 10.5. The van der Waals surface area contributed by atoms with Gasteiger partial charge < -0.3 is 20.1 Å². The van der Waals surface area contributed by atoms with Crippen LogP contribution in [0.1, 0.15) is 61.8 Å². The average molecular weight is 569 g/mol. The van der Waals surface area contributed by atoms with Crippen LogP contribution in [0.25, 0.3) is 0 Å². The van der Waals surface area contributed by atoms with Gasteiger partial charge in [-0.3, -0.25) is 0 Å². The maximum Gasteiger partial charge on any atom is 0.338 e. The van der Waals surface area contributed by atoms with Gasteiger partial charge in [0.25, 0.3) is 12.0 Å². The molecule has 0 amide bonds. The number of hydrogen-bond acceptors (Lipinski definition) is 8. The van der Waals surface area contributed by atoms with E-state index in [0.717, 1.165) is 63.5 Å². The van der Waals surface area contributed by atoms with Gasteiger partial charge in [0, 0.05) is 25.2 Å². The summed E-state index contributed by atoms with van der Waals surface area (Å²) in [4.78, 5) is 34.2. The molecule has 8 heteroatoms. The molecular formula is C34H40N4O4. The minimum atomic E-state index is -0.683. The Morgan fingerprint density at radius 2 is 1.14 bits per heavy atom. The summed E-state index contributed by atoms with van der Waals surface area (Å²) in [7, 11) is 0. The van der Waals surface area contributed by atoms with Crippen molar-refractivity contribution in [3.05, 3.63) is 82.9 Å². The Bertz CT molecular complexity index is 1340. The van der Waals surface area contributed by atoms with Crippen LogP contribution in [-0.2, 0) is 44.7 Å². The van der Waals surface area contributed by atoms with Crippen molar-refractivity contribution in [3.8, 4) is 0 Å². The SMILES string of the molecule is CC1(CC2CCc3ccccc3C2)CNC(OC(=O)/C=C/C(=O)OC2=NC(C)(CC3CCc4ccccc4C3)CN2)=N1. The van der Waals surface area contributed by atoms with Crippen LogP contribution in [0.4, 0.5) is 0 Å². The Morgan fingerprint density at radius 1 is 0.738 bits per heavy atom. The Morgan fingerprint density at radius 3 is 1.57 bits per heavy atom. The van der Waals surface area contributed by atoms with E-state index < -0.39 is 11.9 Å². The van der Waals surface area contributed by atoms with Gasteiger partial charge >= 0.3 is 11.9 Å². The molecule has 0 spiro atoms. The predicted octanol–water partition coefficient (Wildman–Crippen LogP) is 4.46. The van der Waals surface area contributed by atoms with Crippen LogP contribution in [0.2, 0.25) is 0 Å². The Hall–Kier alpha value is -3.94. The average Bonchev–Trinajstić information content (AvgIpc) is 3.52. The molecule has 2 aliphatic carbocycles. The molecule has 2 heterocycles. The van der Waals surface area contributed by atoms with Crippen LogP contribution in [-0.4, -0.2) is 48.1 Å². The molecule has 0 saturated heterocycles. The van der Waals surface area contributed by atoms with Crippen molar-refractivity contribution < 1.29 is 19.1 Å². The Labute approximate surface area is 247 Å². The first kappa shape index (κ1) is 28.2. The molecule has 4 atom stereocenters. The van der Waals surface area contributed by atoms with Crippen LogP contribution >= 0.6 is 0 Å². The smallest absolute Gasteiger partial charge is 0.338 e. The number of rotatable bonds is 6. The van der Waals surface area contributed by atoms with E-state index in [-0.39, 0.29) is 23.1 Å². The molecule has 2 N–H and O–H groups in total. The fourth-order valence-electron chi connectivity index (χ4n) is 7.07. The second-order valence-corrected chi connectivity index (χ2v) is 12.9. The monoisotopic (exact) mass is 568 g/mol. The van der Waals surface area contributed by atoms with Crippen LogP contribution in [0, 0.1) is 11.8 Å². The third-order valence-electron chi connectivity index (χ3n) is 9.09. The van der Waals surface area contributed by atoms with Crippen LogP contribution in [0.3, 0.4) is 0 Å². The number of esters is 2. The summed E-state index contributed by atoms with van der Waals surface area (Å²) in [6.45, 7) is 5.39. The van der Waals surface area contributed by atoms with Crippen molar-refractivity contribution >= 4 is 24.0 Å². The summed E-state index contributed by atoms with van der Waals surface area (Å²) in [5.41, 5.74) is 5.07. The van der Waals surface area contributed by atoms with E-state index in [0.29, 0.717) is 24.9 Å². The van der Waals surface area contributed by atoms with E-state index >= 15 is 0 Å². The number of hydrogen-bond donors (Lipinski definition) is 2. The van der Waals surface area contributed by atoms with E-state index in [1.54, 1.807) is 0 Å². The molecule has 220 valence electrons. The lowest BCUT2D eigenvalue weighted by Crippen LogP contribution is -2.33. The largest absolute Gasteiger partial charge is 0.389 e. The highest BCUT2D eigenvalue weighted by Gasteiger charge is 2.36. The van der Waals surface area contributed by atoms with Gasteiger partial charge in [-0.1, -0.05) is 48.5 Å². The van der Waals surface area contributed by atoms with Crippen LogP contribution in [0.5, 0.6) is 0 Å². The number of nitrogens with one attached hydrogen (secondary N) is 2. The number of aliphatic imine (C=N–C) groups is 2. The van der Waals surface area contributed by atoms with Gasteiger partial charge in [-0.2, -0.15) is 0 Å². The van der Waals surface area contributed by atoms with Gasteiger partial charge in [-0.25, -0.2) is 19.6 Å². The zero-order chi connectivity index (χ0) is 29.2.